The molecule has 6 nitrogen and oxygen atoms in total. The van der Waals surface area contributed by atoms with Gasteiger partial charge in [-0.1, -0.05) is 19.8 Å². The summed E-state index contributed by atoms with van der Waals surface area (Å²) in [6.07, 6.45) is 4.85. The van der Waals surface area contributed by atoms with E-state index in [4.69, 9.17) is 9.47 Å². The van der Waals surface area contributed by atoms with Gasteiger partial charge in [-0.15, -0.1) is 0 Å². The summed E-state index contributed by atoms with van der Waals surface area (Å²) >= 11 is 0. The summed E-state index contributed by atoms with van der Waals surface area (Å²) in [6.45, 7) is 2.97. The van der Waals surface area contributed by atoms with Gasteiger partial charge < -0.3 is 24.3 Å². The van der Waals surface area contributed by atoms with Crippen LogP contribution in [0.2, 0.25) is 0 Å². The van der Waals surface area contributed by atoms with Gasteiger partial charge in [0.15, 0.2) is 11.5 Å². The summed E-state index contributed by atoms with van der Waals surface area (Å²) in [4.78, 5) is 4.44. The summed E-state index contributed by atoms with van der Waals surface area (Å²) in [6, 6.07) is 6.99. The van der Waals surface area contributed by atoms with E-state index in [9.17, 15) is 10.2 Å². The largest absolute Gasteiger partial charge is 0.507 e. The Morgan fingerprint density at radius 3 is 2.76 bits per heavy atom. The van der Waals surface area contributed by atoms with Gasteiger partial charge >= 0.3 is 0 Å². The van der Waals surface area contributed by atoms with Crippen LogP contribution in [0.4, 0.5) is 0 Å². The third-order valence-electron chi connectivity index (χ3n) is 4.54. The number of nitrogens with zero attached hydrogens (tertiary/aromatic N) is 2. The highest BCUT2D eigenvalue weighted by Crippen LogP contribution is 2.47. The molecule has 0 saturated carbocycles. The molecular formula is C19H20N2O4. The van der Waals surface area contributed by atoms with E-state index in [2.05, 4.69) is 11.9 Å². The second kappa shape index (κ2) is 6.20. The van der Waals surface area contributed by atoms with Gasteiger partial charge in [0.1, 0.15) is 11.3 Å². The van der Waals surface area contributed by atoms with Crippen molar-refractivity contribution in [2.75, 3.05) is 6.79 Å². The Labute approximate surface area is 145 Å². The Kier molecular flexibility index (Phi) is 3.87. The normalized spacial score (nSPS) is 12.8. The van der Waals surface area contributed by atoms with Crippen molar-refractivity contribution in [1.29, 1.82) is 0 Å². The van der Waals surface area contributed by atoms with Crippen LogP contribution in [0.15, 0.2) is 30.5 Å². The molecule has 4 rings (SSSR count). The van der Waals surface area contributed by atoms with E-state index in [1.165, 1.54) is 6.07 Å². The van der Waals surface area contributed by atoms with Crippen LogP contribution in [-0.2, 0) is 6.54 Å². The van der Waals surface area contributed by atoms with E-state index in [1.54, 1.807) is 12.3 Å². The quantitative estimate of drug-likeness (QED) is 0.686. The molecule has 0 fully saturated rings. The zero-order chi connectivity index (χ0) is 17.4. The Hall–Kier alpha value is -2.89. The predicted octanol–water partition coefficient (Wildman–Crippen LogP) is 4.03. The van der Waals surface area contributed by atoms with Crippen LogP contribution in [-0.4, -0.2) is 26.6 Å². The summed E-state index contributed by atoms with van der Waals surface area (Å²) < 4.78 is 12.6. The molecule has 1 aliphatic rings. The van der Waals surface area contributed by atoms with E-state index < -0.39 is 0 Å². The highest BCUT2D eigenvalue weighted by molar-refractivity contribution is 5.98. The first-order chi connectivity index (χ1) is 12.2. The molecule has 25 heavy (non-hydrogen) atoms. The topological polar surface area (TPSA) is 76.7 Å². The Balaban J connectivity index is 1.89. The molecule has 1 aromatic carbocycles. The number of hydrogen-bond acceptors (Lipinski definition) is 5. The molecule has 3 aromatic rings. The molecule has 0 atom stereocenters. The Bertz CT molecular complexity index is 933. The fraction of sp³-hybridized carbons (Fsp3) is 0.316. The molecule has 0 bridgehead atoms. The first-order valence-electron chi connectivity index (χ1n) is 8.50. The summed E-state index contributed by atoms with van der Waals surface area (Å²) in [5, 5.41) is 21.3. The Morgan fingerprint density at radius 1 is 1.16 bits per heavy atom. The average Bonchev–Trinajstić information content (AvgIpc) is 3.17. The minimum atomic E-state index is 0.0258. The van der Waals surface area contributed by atoms with E-state index in [1.807, 2.05) is 16.7 Å². The molecule has 0 radical (unpaired) electrons. The molecule has 2 aromatic heterocycles. The lowest BCUT2D eigenvalue weighted by molar-refractivity contribution is 0.174. The van der Waals surface area contributed by atoms with E-state index in [0.717, 1.165) is 24.8 Å². The molecule has 130 valence electrons. The van der Waals surface area contributed by atoms with Crippen molar-refractivity contribution in [2.24, 2.45) is 0 Å². The van der Waals surface area contributed by atoms with Crippen molar-refractivity contribution in [2.45, 2.75) is 32.7 Å². The first kappa shape index (κ1) is 15.6. The minimum Gasteiger partial charge on any atom is -0.507 e. The van der Waals surface area contributed by atoms with Crippen LogP contribution < -0.4 is 9.47 Å². The standard InChI is InChI=1S/C19H20N2O4/c1-2-3-4-8-21-13-6-5-7-20-18(13)17(19(21)23)12-9-15-16(10-14(12)22)25-11-24-15/h5-7,9-10,22-23H,2-4,8,11H2,1H3. The van der Waals surface area contributed by atoms with Crippen LogP contribution in [0.5, 0.6) is 23.1 Å². The van der Waals surface area contributed by atoms with Crippen molar-refractivity contribution in [1.82, 2.24) is 9.55 Å². The average molecular weight is 340 g/mol. The third-order valence-corrected chi connectivity index (χ3v) is 4.54. The molecule has 1 aliphatic heterocycles. The number of fused-ring (bicyclic) bond motifs is 2. The second-order valence-corrected chi connectivity index (χ2v) is 6.15. The number of aromatic nitrogens is 2. The molecule has 2 N–H and O–H groups in total. The van der Waals surface area contributed by atoms with Crippen LogP contribution in [0.1, 0.15) is 26.2 Å². The van der Waals surface area contributed by atoms with E-state index in [-0.39, 0.29) is 18.4 Å². The highest BCUT2D eigenvalue weighted by Gasteiger charge is 2.24. The van der Waals surface area contributed by atoms with Gasteiger partial charge in [-0.2, -0.15) is 0 Å². The first-order valence-corrected chi connectivity index (χ1v) is 8.50. The Morgan fingerprint density at radius 2 is 1.96 bits per heavy atom. The molecule has 3 heterocycles. The number of hydrogen-bond donors (Lipinski definition) is 2. The smallest absolute Gasteiger partial charge is 0.231 e. The number of aromatic hydroxyl groups is 2. The van der Waals surface area contributed by atoms with Crippen molar-refractivity contribution in [3.8, 4) is 34.3 Å². The molecule has 6 heteroatoms. The number of phenols is 1. The molecule has 0 aliphatic carbocycles. The lowest BCUT2D eigenvalue weighted by Gasteiger charge is -2.08. The van der Waals surface area contributed by atoms with Crippen LogP contribution in [0, 0.1) is 0 Å². The van der Waals surface area contributed by atoms with Crippen molar-refractivity contribution >= 4 is 11.0 Å². The number of pyridine rings is 1. The van der Waals surface area contributed by atoms with Crippen LogP contribution in [0.3, 0.4) is 0 Å². The number of aryl methyl sites for hydroxylation is 1. The fourth-order valence-corrected chi connectivity index (χ4v) is 3.29. The lowest BCUT2D eigenvalue weighted by Crippen LogP contribution is -1.97. The van der Waals surface area contributed by atoms with E-state index in [0.29, 0.717) is 34.7 Å². The summed E-state index contributed by atoms with van der Waals surface area (Å²) in [5.74, 6) is 1.19. The maximum absolute atomic E-state index is 10.9. The maximum Gasteiger partial charge on any atom is 0.231 e. The predicted molar refractivity (Wildman–Crippen MR) is 94.1 cm³/mol. The third kappa shape index (κ3) is 2.54. The van der Waals surface area contributed by atoms with Crippen LogP contribution in [0.25, 0.3) is 22.2 Å². The van der Waals surface area contributed by atoms with Crippen molar-refractivity contribution < 1.29 is 19.7 Å². The minimum absolute atomic E-state index is 0.0258. The van der Waals surface area contributed by atoms with Gasteiger partial charge in [-0.3, -0.25) is 4.98 Å². The number of unbranched alkanes of at least 4 members (excludes halogenated alkanes) is 2. The molecular weight excluding hydrogens is 320 g/mol. The highest BCUT2D eigenvalue weighted by atomic mass is 16.7. The monoisotopic (exact) mass is 340 g/mol. The lowest BCUT2D eigenvalue weighted by atomic mass is 10.0. The number of rotatable bonds is 5. The van der Waals surface area contributed by atoms with Gasteiger partial charge in [0.2, 0.25) is 12.7 Å². The SMILES string of the molecule is CCCCCn1c(O)c(-c2cc3c(cc2O)OCO3)c2ncccc21. The van der Waals surface area contributed by atoms with Crippen LogP contribution >= 0.6 is 0 Å². The van der Waals surface area contributed by atoms with Gasteiger partial charge in [-0.25, -0.2) is 0 Å². The van der Waals surface area contributed by atoms with E-state index >= 15 is 0 Å². The number of ether oxygens (including phenoxy) is 2. The molecule has 0 saturated heterocycles. The van der Waals surface area contributed by atoms with Crippen molar-refractivity contribution in [3.05, 3.63) is 30.5 Å². The van der Waals surface area contributed by atoms with Gasteiger partial charge in [-0.05, 0) is 24.6 Å². The summed E-state index contributed by atoms with van der Waals surface area (Å²) in [7, 11) is 0. The molecule has 0 unspecified atom stereocenters. The van der Waals surface area contributed by atoms with Gasteiger partial charge in [0, 0.05) is 24.4 Å². The summed E-state index contributed by atoms with van der Waals surface area (Å²) in [5.41, 5.74) is 2.51. The van der Waals surface area contributed by atoms with Gasteiger partial charge in [0.25, 0.3) is 0 Å². The maximum atomic E-state index is 10.9. The van der Waals surface area contributed by atoms with Gasteiger partial charge in [0.05, 0.1) is 11.1 Å². The zero-order valence-electron chi connectivity index (χ0n) is 14.0. The fourth-order valence-electron chi connectivity index (χ4n) is 3.29. The van der Waals surface area contributed by atoms with Crippen molar-refractivity contribution in [3.63, 3.8) is 0 Å². The molecule has 0 amide bonds. The molecule has 0 spiro atoms. The zero-order valence-corrected chi connectivity index (χ0v) is 14.0. The number of phenolic OH excluding ortho intramolecular Hbond substituents is 1. The number of benzene rings is 1. The second-order valence-electron chi connectivity index (χ2n) is 6.15.